The maximum atomic E-state index is 11.2. The van der Waals surface area contributed by atoms with Crippen molar-refractivity contribution in [2.24, 2.45) is 0 Å². The van der Waals surface area contributed by atoms with Crippen LogP contribution in [0.15, 0.2) is 17.0 Å². The van der Waals surface area contributed by atoms with Gasteiger partial charge in [-0.25, -0.2) is 8.42 Å². The third kappa shape index (κ3) is 4.38. The van der Waals surface area contributed by atoms with Crippen molar-refractivity contribution in [2.75, 3.05) is 38.0 Å². The van der Waals surface area contributed by atoms with Crippen molar-refractivity contribution in [1.82, 2.24) is 0 Å². The first-order valence-electron chi connectivity index (χ1n) is 5.18. The first-order valence-corrected chi connectivity index (χ1v) is 6.59. The van der Waals surface area contributed by atoms with E-state index in [0.29, 0.717) is 0 Å². The molecule has 20 heavy (non-hydrogen) atoms. The molecule has 0 unspecified atom stereocenters. The number of hydrogen-bond donors (Lipinski definition) is 0. The van der Waals surface area contributed by atoms with Gasteiger partial charge in [0.15, 0.2) is 0 Å². The van der Waals surface area contributed by atoms with Crippen LogP contribution in [0.5, 0.6) is 0 Å². The molecule has 0 heterocycles. The van der Waals surface area contributed by atoms with Crippen molar-refractivity contribution in [2.45, 2.75) is 4.90 Å². The van der Waals surface area contributed by atoms with E-state index in [1.165, 1.54) is 15.9 Å². The van der Waals surface area contributed by atoms with E-state index in [1.807, 2.05) is 0 Å². The molecule has 0 N–H and O–H groups in total. The molecule has 1 aromatic rings. The summed E-state index contributed by atoms with van der Waals surface area (Å²) in [5.41, 5.74) is -0.0876. The summed E-state index contributed by atoms with van der Waals surface area (Å²) in [4.78, 5) is 12.5. The molecule has 0 amide bonds. The topological polar surface area (TPSA) is 107 Å². The summed E-state index contributed by atoms with van der Waals surface area (Å²) in [7, 11) is 1.49. The summed E-state index contributed by atoms with van der Waals surface area (Å²) < 4.78 is 33.6. The molecule has 0 aliphatic carbocycles. The molecule has 0 aliphatic heterocycles. The number of nitrogens with zero attached hydrogens (tertiary/aromatic N) is 3. The van der Waals surface area contributed by atoms with Crippen molar-refractivity contribution >= 4 is 27.2 Å². The zero-order valence-corrected chi connectivity index (χ0v) is 15.9. The summed E-state index contributed by atoms with van der Waals surface area (Å²) in [6, 6.07) is 2.11. The van der Waals surface area contributed by atoms with Gasteiger partial charge in [0.25, 0.3) is 5.69 Å². The Morgan fingerprint density at radius 3 is 1.80 bits per heavy atom. The van der Waals surface area contributed by atoms with Crippen molar-refractivity contribution in [1.29, 1.82) is 0 Å². The summed E-state index contributed by atoms with van der Waals surface area (Å²) in [6.45, 7) is 0. The van der Waals surface area contributed by atoms with Crippen LogP contribution in [0.25, 0.3) is 0 Å². The minimum Gasteiger partial charge on any atom is -0.744 e. The van der Waals surface area contributed by atoms with Gasteiger partial charge in [0.05, 0.1) is 15.5 Å². The smallest absolute Gasteiger partial charge is 0.744 e. The summed E-state index contributed by atoms with van der Waals surface area (Å²) in [5.74, 6) is 0. The van der Waals surface area contributed by atoms with Gasteiger partial charge in [-0.1, -0.05) is 0 Å². The molecule has 0 radical (unpaired) electrons. The molecule has 0 aliphatic rings. The second-order valence-corrected chi connectivity index (χ2v) is 5.66. The predicted octanol–water partition coefficient (Wildman–Crippen LogP) is -2.37. The maximum absolute atomic E-state index is 11.2. The number of anilines is 2. The Morgan fingerprint density at radius 1 is 1.05 bits per heavy atom. The largest absolute Gasteiger partial charge is 1.00 e. The SMILES string of the molecule is CN(C)c1cc(N(C)C)c(S(=O)(=O)[O-])cc1[N+](=O)[O-].[K+]. The van der Waals surface area contributed by atoms with Crippen molar-refractivity contribution in [3.05, 3.63) is 22.2 Å². The summed E-state index contributed by atoms with van der Waals surface area (Å²) >= 11 is 0. The molecule has 0 saturated carbocycles. The zero-order valence-electron chi connectivity index (χ0n) is 11.9. The quantitative estimate of drug-likeness (QED) is 0.263. The normalized spacial score (nSPS) is 10.7. The number of rotatable bonds is 4. The molecule has 0 atom stereocenters. The van der Waals surface area contributed by atoms with E-state index in [2.05, 4.69) is 0 Å². The Labute approximate surface area is 160 Å². The van der Waals surface area contributed by atoms with Crippen LogP contribution < -0.4 is 61.2 Å². The third-order valence-corrected chi connectivity index (χ3v) is 3.35. The molecule has 0 spiro atoms. The fourth-order valence-corrected chi connectivity index (χ4v) is 2.35. The molecule has 106 valence electrons. The summed E-state index contributed by atoms with van der Waals surface area (Å²) in [6.07, 6.45) is 0. The first-order chi connectivity index (χ1) is 8.55. The van der Waals surface area contributed by atoms with Crippen LogP contribution in [0.1, 0.15) is 0 Å². The van der Waals surface area contributed by atoms with Crippen LogP contribution in [0.4, 0.5) is 17.1 Å². The molecule has 0 aromatic heterocycles. The van der Waals surface area contributed by atoms with E-state index >= 15 is 0 Å². The molecule has 1 aromatic carbocycles. The third-order valence-electron chi connectivity index (χ3n) is 2.49. The van der Waals surface area contributed by atoms with Crippen LogP contribution in [0.3, 0.4) is 0 Å². The predicted molar refractivity (Wildman–Crippen MR) is 69.7 cm³/mol. The van der Waals surface area contributed by atoms with E-state index in [0.717, 1.165) is 6.07 Å². The van der Waals surface area contributed by atoms with E-state index in [-0.39, 0.29) is 62.8 Å². The van der Waals surface area contributed by atoms with E-state index in [1.54, 1.807) is 28.2 Å². The molecule has 1 rings (SSSR count). The number of nitro benzene ring substituents is 1. The second-order valence-electron chi connectivity index (χ2n) is 4.31. The standard InChI is InChI=1S/C10H15N3O5S.K/c1-11(2)7-5-9(12(3)4)10(19(16,17)18)6-8(7)13(14)15;/h5-6H,1-4H3,(H,16,17,18);/q;+1/p-1. The summed E-state index contributed by atoms with van der Waals surface area (Å²) in [5, 5.41) is 11.0. The van der Waals surface area contributed by atoms with E-state index < -0.39 is 25.6 Å². The molecular formula is C10H14KN3O5S. The number of hydrogen-bond acceptors (Lipinski definition) is 7. The van der Waals surface area contributed by atoms with Crippen molar-refractivity contribution < 1.29 is 69.3 Å². The van der Waals surface area contributed by atoms with Gasteiger partial charge in [-0.15, -0.1) is 0 Å². The van der Waals surface area contributed by atoms with Crippen LogP contribution in [0.2, 0.25) is 0 Å². The Hall–Kier alpha value is -0.234. The van der Waals surface area contributed by atoms with Gasteiger partial charge >= 0.3 is 51.4 Å². The van der Waals surface area contributed by atoms with Gasteiger partial charge in [0.1, 0.15) is 15.8 Å². The van der Waals surface area contributed by atoms with Gasteiger partial charge in [-0.2, -0.15) is 0 Å². The first kappa shape index (κ1) is 19.8. The van der Waals surface area contributed by atoms with Crippen LogP contribution in [0, 0.1) is 10.1 Å². The van der Waals surface area contributed by atoms with Gasteiger partial charge < -0.3 is 14.4 Å². The average molecular weight is 327 g/mol. The van der Waals surface area contributed by atoms with Gasteiger partial charge in [0, 0.05) is 34.3 Å². The Balaban J connectivity index is 0.00000361. The molecule has 0 bridgehead atoms. The minimum atomic E-state index is -4.79. The van der Waals surface area contributed by atoms with Crippen LogP contribution in [-0.2, 0) is 10.1 Å². The molecule has 0 saturated heterocycles. The Kier molecular flexibility index (Phi) is 7.07. The molecule has 10 heteroatoms. The molecule has 0 fully saturated rings. The average Bonchev–Trinajstić information content (AvgIpc) is 2.25. The fraction of sp³-hybridized carbons (Fsp3) is 0.400. The Bertz CT molecular complexity index is 616. The van der Waals surface area contributed by atoms with Gasteiger partial charge in [0.2, 0.25) is 0 Å². The van der Waals surface area contributed by atoms with Crippen LogP contribution >= 0.6 is 0 Å². The number of benzene rings is 1. The van der Waals surface area contributed by atoms with Crippen molar-refractivity contribution in [3.8, 4) is 0 Å². The monoisotopic (exact) mass is 327 g/mol. The number of nitro groups is 1. The zero-order chi connectivity index (χ0) is 15.0. The van der Waals surface area contributed by atoms with Gasteiger partial charge in [-0.3, -0.25) is 10.1 Å². The molecule has 8 nitrogen and oxygen atoms in total. The van der Waals surface area contributed by atoms with Crippen LogP contribution in [-0.4, -0.2) is 46.1 Å². The van der Waals surface area contributed by atoms with E-state index in [4.69, 9.17) is 0 Å². The molecular weight excluding hydrogens is 313 g/mol. The second kappa shape index (κ2) is 7.16. The van der Waals surface area contributed by atoms with Gasteiger partial charge in [-0.05, 0) is 6.07 Å². The fourth-order valence-electron chi connectivity index (χ4n) is 1.60. The van der Waals surface area contributed by atoms with E-state index in [9.17, 15) is 23.1 Å². The maximum Gasteiger partial charge on any atom is 1.00 e. The van der Waals surface area contributed by atoms with Crippen molar-refractivity contribution in [3.63, 3.8) is 0 Å². The Morgan fingerprint density at radius 2 is 1.50 bits per heavy atom. The minimum absolute atomic E-state index is 0.